The van der Waals surface area contributed by atoms with Crippen LogP contribution in [0.5, 0.6) is 0 Å². The molecule has 1 aliphatic heterocycles. The number of benzene rings is 2. The molecule has 4 rings (SSSR count). The summed E-state index contributed by atoms with van der Waals surface area (Å²) >= 11 is 0. The molecule has 0 bridgehead atoms. The van der Waals surface area contributed by atoms with Crippen molar-refractivity contribution < 1.29 is 9.53 Å². The van der Waals surface area contributed by atoms with E-state index in [0.29, 0.717) is 18.3 Å². The minimum atomic E-state index is -0.204. The summed E-state index contributed by atoms with van der Waals surface area (Å²) in [7, 11) is 5.27. The molecule has 148 valence electrons. The van der Waals surface area contributed by atoms with Crippen molar-refractivity contribution in [3.05, 3.63) is 71.6 Å². The van der Waals surface area contributed by atoms with Gasteiger partial charge in [0.25, 0.3) is 5.91 Å². The lowest BCUT2D eigenvalue weighted by Crippen LogP contribution is -2.29. The van der Waals surface area contributed by atoms with Gasteiger partial charge in [0.15, 0.2) is 0 Å². The third-order valence-electron chi connectivity index (χ3n) is 4.97. The first-order chi connectivity index (χ1) is 14.1. The molecule has 1 unspecified atom stereocenters. The molecule has 0 spiro atoms. The maximum Gasteiger partial charge on any atom is 0.276 e. The van der Waals surface area contributed by atoms with Crippen LogP contribution < -0.4 is 5.32 Å². The number of aryl methyl sites for hydroxylation is 1. The number of guanidine groups is 1. The SMILES string of the molecule is COCC(N=C1N/C(=C\c2ccc3c(cnn3C)c2)C(=O)N1C)c1ccccc1. The van der Waals surface area contributed by atoms with Crippen LogP contribution in [-0.2, 0) is 16.6 Å². The molecule has 7 heteroatoms. The number of rotatable bonds is 5. The van der Waals surface area contributed by atoms with Crippen LogP contribution >= 0.6 is 0 Å². The first kappa shape index (κ1) is 18.9. The summed E-state index contributed by atoms with van der Waals surface area (Å²) < 4.78 is 7.16. The number of nitrogens with zero attached hydrogens (tertiary/aromatic N) is 4. The first-order valence-electron chi connectivity index (χ1n) is 9.37. The van der Waals surface area contributed by atoms with Crippen LogP contribution in [0.25, 0.3) is 17.0 Å². The second-order valence-corrected chi connectivity index (χ2v) is 6.97. The van der Waals surface area contributed by atoms with E-state index in [-0.39, 0.29) is 11.9 Å². The van der Waals surface area contributed by atoms with E-state index in [0.717, 1.165) is 22.0 Å². The number of methoxy groups -OCH3 is 1. The predicted octanol–water partition coefficient (Wildman–Crippen LogP) is 2.72. The topological polar surface area (TPSA) is 71.7 Å². The predicted molar refractivity (Wildman–Crippen MR) is 113 cm³/mol. The summed E-state index contributed by atoms with van der Waals surface area (Å²) in [4.78, 5) is 19.0. The molecule has 2 heterocycles. The highest BCUT2D eigenvalue weighted by molar-refractivity contribution is 6.15. The highest BCUT2D eigenvalue weighted by Gasteiger charge is 2.29. The fourth-order valence-electron chi connectivity index (χ4n) is 3.38. The van der Waals surface area contributed by atoms with Crippen molar-refractivity contribution in [1.82, 2.24) is 20.0 Å². The fraction of sp³-hybridized carbons (Fsp3) is 0.227. The quantitative estimate of drug-likeness (QED) is 0.681. The normalized spacial score (nSPS) is 18.0. The Labute approximate surface area is 169 Å². The van der Waals surface area contributed by atoms with E-state index >= 15 is 0 Å². The van der Waals surface area contributed by atoms with Crippen LogP contribution in [0, 0.1) is 0 Å². The zero-order chi connectivity index (χ0) is 20.4. The summed E-state index contributed by atoms with van der Waals surface area (Å²) in [6.07, 6.45) is 3.65. The summed E-state index contributed by atoms with van der Waals surface area (Å²) in [6.45, 7) is 0.425. The molecule has 1 aliphatic rings. The van der Waals surface area contributed by atoms with Crippen LogP contribution in [0.4, 0.5) is 0 Å². The van der Waals surface area contributed by atoms with Gasteiger partial charge in [-0.3, -0.25) is 14.4 Å². The average Bonchev–Trinajstić information content (AvgIpc) is 3.23. The van der Waals surface area contributed by atoms with Crippen molar-refractivity contribution in [2.45, 2.75) is 6.04 Å². The number of aliphatic imine (C=N–C) groups is 1. The smallest absolute Gasteiger partial charge is 0.276 e. The minimum Gasteiger partial charge on any atom is -0.382 e. The van der Waals surface area contributed by atoms with Gasteiger partial charge >= 0.3 is 0 Å². The van der Waals surface area contributed by atoms with Crippen molar-refractivity contribution in [1.29, 1.82) is 0 Å². The second kappa shape index (κ2) is 7.89. The van der Waals surface area contributed by atoms with Crippen molar-refractivity contribution in [3.63, 3.8) is 0 Å². The van der Waals surface area contributed by atoms with Gasteiger partial charge in [0.2, 0.25) is 5.96 Å². The number of hydrogen-bond acceptors (Lipinski definition) is 4. The lowest BCUT2D eigenvalue weighted by Gasteiger charge is -2.15. The third kappa shape index (κ3) is 3.77. The number of aromatic nitrogens is 2. The molecule has 1 atom stereocenters. The van der Waals surface area contributed by atoms with E-state index in [1.165, 1.54) is 4.90 Å². The van der Waals surface area contributed by atoms with Crippen LogP contribution in [0.1, 0.15) is 17.2 Å². The first-order valence-corrected chi connectivity index (χ1v) is 9.37. The number of ether oxygens (including phenoxy) is 1. The van der Waals surface area contributed by atoms with E-state index in [9.17, 15) is 4.79 Å². The molecular weight excluding hydrogens is 366 g/mol. The molecule has 29 heavy (non-hydrogen) atoms. The molecule has 0 saturated carbocycles. The van der Waals surface area contributed by atoms with Crippen LogP contribution in [0.15, 0.2) is 65.4 Å². The van der Waals surface area contributed by atoms with Gasteiger partial charge in [-0.05, 0) is 29.3 Å². The molecule has 3 aromatic rings. The average molecular weight is 389 g/mol. The number of amides is 1. The Hall–Kier alpha value is -3.45. The highest BCUT2D eigenvalue weighted by atomic mass is 16.5. The molecule has 0 aliphatic carbocycles. The van der Waals surface area contributed by atoms with Gasteiger partial charge in [-0.25, -0.2) is 4.99 Å². The van der Waals surface area contributed by atoms with E-state index in [4.69, 9.17) is 9.73 Å². The summed E-state index contributed by atoms with van der Waals surface area (Å²) in [6, 6.07) is 15.7. The molecule has 1 amide bonds. The lowest BCUT2D eigenvalue weighted by molar-refractivity contribution is -0.121. The van der Waals surface area contributed by atoms with Gasteiger partial charge in [-0.2, -0.15) is 5.10 Å². The van der Waals surface area contributed by atoms with E-state index in [1.54, 1.807) is 14.2 Å². The maximum atomic E-state index is 12.7. The van der Waals surface area contributed by atoms with Crippen molar-refractivity contribution in [2.24, 2.45) is 12.0 Å². The molecule has 1 aromatic heterocycles. The molecular formula is C22H23N5O2. The molecule has 1 fully saturated rings. The van der Waals surface area contributed by atoms with E-state index < -0.39 is 0 Å². The monoisotopic (exact) mass is 389 g/mol. The summed E-state index contributed by atoms with van der Waals surface area (Å²) in [5.74, 6) is 0.383. The standard InChI is InChI=1S/C22H23N5O2/c1-26-21(28)18(12-15-9-10-20-17(11-15)13-23-27(20)2)24-22(26)25-19(14-29-3)16-7-5-4-6-8-16/h4-13,19H,14H2,1-3H3,(H,24,25)/b18-12-. The van der Waals surface area contributed by atoms with E-state index in [1.807, 2.05) is 72.5 Å². The Morgan fingerprint density at radius 1 is 1.21 bits per heavy atom. The number of fused-ring (bicyclic) bond motifs is 1. The lowest BCUT2D eigenvalue weighted by atomic mass is 10.1. The minimum absolute atomic E-state index is 0.126. The van der Waals surface area contributed by atoms with E-state index in [2.05, 4.69) is 10.4 Å². The number of carbonyl (C=O) groups excluding carboxylic acids is 1. The third-order valence-corrected chi connectivity index (χ3v) is 4.97. The van der Waals surface area contributed by atoms with Gasteiger partial charge in [0, 0.05) is 26.6 Å². The summed E-state index contributed by atoms with van der Waals surface area (Å²) in [5.41, 5.74) is 3.48. The van der Waals surface area contributed by atoms with Crippen LogP contribution in [0.3, 0.4) is 0 Å². The largest absolute Gasteiger partial charge is 0.382 e. The Balaban J connectivity index is 1.63. The second-order valence-electron chi connectivity index (χ2n) is 6.97. The Kier molecular flexibility index (Phi) is 5.14. The highest BCUT2D eigenvalue weighted by Crippen LogP contribution is 2.21. The number of nitrogens with one attached hydrogen (secondary N) is 1. The van der Waals surface area contributed by atoms with Crippen LogP contribution in [-0.4, -0.2) is 47.3 Å². The fourth-order valence-corrected chi connectivity index (χ4v) is 3.38. The van der Waals surface area contributed by atoms with Crippen molar-refractivity contribution in [2.75, 3.05) is 20.8 Å². The molecule has 2 aromatic carbocycles. The zero-order valence-electron chi connectivity index (χ0n) is 16.7. The molecule has 0 radical (unpaired) electrons. The number of likely N-dealkylation sites (N-methyl/N-ethyl adjacent to an activating group) is 1. The Morgan fingerprint density at radius 2 is 2.00 bits per heavy atom. The van der Waals surface area contributed by atoms with Gasteiger partial charge in [0.1, 0.15) is 11.7 Å². The number of carbonyl (C=O) groups is 1. The Bertz CT molecular complexity index is 1100. The van der Waals surface area contributed by atoms with Gasteiger partial charge in [0.05, 0.1) is 18.3 Å². The van der Waals surface area contributed by atoms with Crippen molar-refractivity contribution in [3.8, 4) is 0 Å². The molecule has 1 saturated heterocycles. The maximum absolute atomic E-state index is 12.7. The van der Waals surface area contributed by atoms with Gasteiger partial charge in [-0.15, -0.1) is 0 Å². The molecule has 1 N–H and O–H groups in total. The molecule has 7 nitrogen and oxygen atoms in total. The zero-order valence-corrected chi connectivity index (χ0v) is 16.7. The van der Waals surface area contributed by atoms with Gasteiger partial charge < -0.3 is 10.1 Å². The van der Waals surface area contributed by atoms with Crippen molar-refractivity contribution >= 4 is 28.8 Å². The number of hydrogen-bond donors (Lipinski definition) is 1. The van der Waals surface area contributed by atoms with Gasteiger partial charge in [-0.1, -0.05) is 36.4 Å². The summed E-state index contributed by atoms with van der Waals surface area (Å²) in [5, 5.41) is 8.45. The van der Waals surface area contributed by atoms with Crippen LogP contribution in [0.2, 0.25) is 0 Å². The Morgan fingerprint density at radius 3 is 2.76 bits per heavy atom.